The minimum atomic E-state index is -0.885. The maximum atomic E-state index is 10.4. The van der Waals surface area contributed by atoms with Crippen molar-refractivity contribution < 1.29 is 9.90 Å². The first kappa shape index (κ1) is 10.9. The summed E-state index contributed by atoms with van der Waals surface area (Å²) in [5.41, 5.74) is 0. The van der Waals surface area contributed by atoms with Crippen LogP contribution in [0.15, 0.2) is 12.3 Å². The van der Waals surface area contributed by atoms with Crippen molar-refractivity contribution in [3.05, 3.63) is 18.1 Å². The third-order valence-electron chi connectivity index (χ3n) is 1.63. The van der Waals surface area contributed by atoms with Crippen LogP contribution in [0.4, 0.5) is 5.82 Å². The lowest BCUT2D eigenvalue weighted by Crippen LogP contribution is -2.20. The molecule has 6 heteroatoms. The molecule has 0 fully saturated rings. The zero-order chi connectivity index (χ0) is 11.3. The number of carboxylic acid groups (broad SMARTS) is 1. The molecule has 1 unspecified atom stereocenters. The van der Waals surface area contributed by atoms with E-state index in [0.29, 0.717) is 5.82 Å². The van der Waals surface area contributed by atoms with Crippen molar-refractivity contribution >= 4 is 11.8 Å². The lowest BCUT2D eigenvalue weighted by Gasteiger charge is -2.11. The Bertz CT molecular complexity index is 399. The van der Waals surface area contributed by atoms with Gasteiger partial charge in [-0.15, -0.1) is 0 Å². The Hall–Kier alpha value is -2.16. The van der Waals surface area contributed by atoms with E-state index in [2.05, 4.69) is 15.3 Å². The van der Waals surface area contributed by atoms with Crippen LogP contribution >= 0.6 is 0 Å². The van der Waals surface area contributed by atoms with Gasteiger partial charge in [-0.05, 0) is 13.0 Å². The highest BCUT2D eigenvalue weighted by atomic mass is 16.4. The van der Waals surface area contributed by atoms with E-state index in [1.54, 1.807) is 19.1 Å². The van der Waals surface area contributed by atoms with Crippen LogP contribution < -0.4 is 5.32 Å². The molecule has 0 aliphatic rings. The molecule has 1 aromatic rings. The molecule has 1 atom stereocenters. The van der Waals surface area contributed by atoms with Crippen LogP contribution in [-0.4, -0.2) is 27.1 Å². The molecule has 0 bridgehead atoms. The van der Waals surface area contributed by atoms with E-state index < -0.39 is 5.97 Å². The fraction of sp³-hybridized carbons (Fsp3) is 0.333. The number of anilines is 1. The molecule has 0 radical (unpaired) electrons. The number of hydrogen-bond donors (Lipinski definition) is 2. The Morgan fingerprint density at radius 1 is 1.80 bits per heavy atom. The molecular formula is C9H10N4O2. The third-order valence-corrected chi connectivity index (χ3v) is 1.63. The van der Waals surface area contributed by atoms with Crippen LogP contribution in [-0.2, 0) is 4.79 Å². The molecule has 0 saturated carbocycles. The monoisotopic (exact) mass is 206 g/mol. The fourth-order valence-corrected chi connectivity index (χ4v) is 1.06. The number of nitriles is 1. The summed E-state index contributed by atoms with van der Waals surface area (Å²) in [6.45, 7) is 1.72. The molecule has 0 aliphatic heterocycles. The highest BCUT2D eigenvalue weighted by Gasteiger charge is 2.08. The number of rotatable bonds is 4. The number of aromatic nitrogens is 2. The SMILES string of the molecule is CC(CC(=O)O)Nc1ccnc(C#N)n1. The van der Waals surface area contributed by atoms with Crippen molar-refractivity contribution in [3.8, 4) is 6.07 Å². The van der Waals surface area contributed by atoms with Gasteiger partial charge in [0.25, 0.3) is 0 Å². The van der Waals surface area contributed by atoms with Crippen LogP contribution in [0.2, 0.25) is 0 Å². The molecule has 0 saturated heterocycles. The molecule has 15 heavy (non-hydrogen) atoms. The zero-order valence-electron chi connectivity index (χ0n) is 8.14. The molecule has 1 heterocycles. The van der Waals surface area contributed by atoms with Crippen LogP contribution in [0.25, 0.3) is 0 Å². The normalized spacial score (nSPS) is 11.5. The second-order valence-corrected chi connectivity index (χ2v) is 3.02. The van der Waals surface area contributed by atoms with Crippen molar-refractivity contribution in [1.82, 2.24) is 9.97 Å². The largest absolute Gasteiger partial charge is 0.481 e. The maximum absolute atomic E-state index is 10.4. The quantitative estimate of drug-likeness (QED) is 0.749. The molecule has 0 amide bonds. The van der Waals surface area contributed by atoms with E-state index in [0.717, 1.165) is 0 Å². The van der Waals surface area contributed by atoms with Gasteiger partial charge in [0, 0.05) is 12.2 Å². The predicted octanol–water partition coefficient (Wildman–Crippen LogP) is 0.623. The van der Waals surface area contributed by atoms with Gasteiger partial charge in [-0.2, -0.15) is 5.26 Å². The van der Waals surface area contributed by atoms with Crippen LogP contribution in [0.5, 0.6) is 0 Å². The Morgan fingerprint density at radius 3 is 3.13 bits per heavy atom. The minimum Gasteiger partial charge on any atom is -0.481 e. The summed E-state index contributed by atoms with van der Waals surface area (Å²) in [6, 6.07) is 3.14. The van der Waals surface area contributed by atoms with Crippen LogP contribution in [0, 0.1) is 11.3 Å². The Labute approximate surface area is 86.6 Å². The molecule has 78 valence electrons. The van der Waals surface area contributed by atoms with E-state index in [-0.39, 0.29) is 18.3 Å². The number of carbonyl (C=O) groups is 1. The first-order valence-electron chi connectivity index (χ1n) is 4.33. The Balaban J connectivity index is 2.64. The summed E-state index contributed by atoms with van der Waals surface area (Å²) in [6.07, 6.45) is 1.44. The molecule has 1 rings (SSSR count). The van der Waals surface area contributed by atoms with Gasteiger partial charge < -0.3 is 10.4 Å². The van der Waals surface area contributed by atoms with Gasteiger partial charge in [0.2, 0.25) is 5.82 Å². The topological polar surface area (TPSA) is 98.9 Å². The van der Waals surface area contributed by atoms with E-state index in [1.165, 1.54) is 6.20 Å². The summed E-state index contributed by atoms with van der Waals surface area (Å²) in [7, 11) is 0. The number of nitrogens with zero attached hydrogens (tertiary/aromatic N) is 3. The van der Waals surface area contributed by atoms with Crippen molar-refractivity contribution in [2.45, 2.75) is 19.4 Å². The van der Waals surface area contributed by atoms with Crippen molar-refractivity contribution in [3.63, 3.8) is 0 Å². The van der Waals surface area contributed by atoms with E-state index >= 15 is 0 Å². The van der Waals surface area contributed by atoms with E-state index in [9.17, 15) is 4.79 Å². The van der Waals surface area contributed by atoms with Gasteiger partial charge in [0.15, 0.2) is 0 Å². The van der Waals surface area contributed by atoms with Crippen molar-refractivity contribution in [2.24, 2.45) is 0 Å². The molecule has 1 aromatic heterocycles. The van der Waals surface area contributed by atoms with Gasteiger partial charge in [-0.25, -0.2) is 9.97 Å². The third kappa shape index (κ3) is 3.60. The first-order chi connectivity index (χ1) is 7.11. The van der Waals surface area contributed by atoms with Crippen LogP contribution in [0.3, 0.4) is 0 Å². The molecule has 0 aliphatic carbocycles. The average Bonchev–Trinajstić information content (AvgIpc) is 2.16. The van der Waals surface area contributed by atoms with Gasteiger partial charge in [-0.3, -0.25) is 4.79 Å². The molecular weight excluding hydrogens is 196 g/mol. The number of aliphatic carboxylic acids is 1. The van der Waals surface area contributed by atoms with E-state index in [4.69, 9.17) is 10.4 Å². The highest BCUT2D eigenvalue weighted by molar-refractivity contribution is 5.68. The second kappa shape index (κ2) is 4.91. The Morgan fingerprint density at radius 2 is 2.53 bits per heavy atom. The summed E-state index contributed by atoms with van der Waals surface area (Å²) in [5.74, 6) is -0.373. The maximum Gasteiger partial charge on any atom is 0.305 e. The van der Waals surface area contributed by atoms with Gasteiger partial charge in [-0.1, -0.05) is 0 Å². The van der Waals surface area contributed by atoms with Gasteiger partial charge in [0.1, 0.15) is 11.9 Å². The molecule has 2 N–H and O–H groups in total. The highest BCUT2D eigenvalue weighted by Crippen LogP contribution is 2.05. The molecule has 0 spiro atoms. The standard InChI is InChI=1S/C9H10N4O2/c1-6(4-9(14)15)12-7-2-3-11-8(5-10)13-7/h2-3,6H,4H2,1H3,(H,14,15)(H,11,12,13). The summed E-state index contributed by atoms with van der Waals surface area (Å²) >= 11 is 0. The average molecular weight is 206 g/mol. The Kier molecular flexibility index (Phi) is 3.57. The molecule has 6 nitrogen and oxygen atoms in total. The fourth-order valence-electron chi connectivity index (χ4n) is 1.06. The summed E-state index contributed by atoms with van der Waals surface area (Å²) in [5, 5.41) is 19.9. The summed E-state index contributed by atoms with van der Waals surface area (Å²) in [4.78, 5) is 18.0. The lowest BCUT2D eigenvalue weighted by atomic mass is 10.2. The summed E-state index contributed by atoms with van der Waals surface area (Å²) < 4.78 is 0. The number of nitrogens with one attached hydrogen (secondary N) is 1. The van der Waals surface area contributed by atoms with E-state index in [1.807, 2.05) is 0 Å². The smallest absolute Gasteiger partial charge is 0.305 e. The zero-order valence-corrected chi connectivity index (χ0v) is 8.14. The predicted molar refractivity (Wildman–Crippen MR) is 52.1 cm³/mol. The van der Waals surface area contributed by atoms with Gasteiger partial charge in [0.05, 0.1) is 6.42 Å². The van der Waals surface area contributed by atoms with Crippen molar-refractivity contribution in [1.29, 1.82) is 5.26 Å². The number of hydrogen-bond acceptors (Lipinski definition) is 5. The molecule has 0 aromatic carbocycles. The second-order valence-electron chi connectivity index (χ2n) is 3.02. The van der Waals surface area contributed by atoms with Crippen LogP contribution in [0.1, 0.15) is 19.2 Å². The number of carboxylic acids is 1. The van der Waals surface area contributed by atoms with Crippen molar-refractivity contribution in [2.75, 3.05) is 5.32 Å². The lowest BCUT2D eigenvalue weighted by molar-refractivity contribution is -0.137. The first-order valence-corrected chi connectivity index (χ1v) is 4.33. The van der Waals surface area contributed by atoms with Gasteiger partial charge >= 0.3 is 5.97 Å². The minimum absolute atomic E-state index is 0.00805.